The summed E-state index contributed by atoms with van der Waals surface area (Å²) in [6.07, 6.45) is 9.21. The van der Waals surface area contributed by atoms with Crippen LogP contribution in [0, 0.1) is 13.8 Å². The summed E-state index contributed by atoms with van der Waals surface area (Å²) in [4.78, 5) is 54.8. The molecule has 0 radical (unpaired) electrons. The Hall–Kier alpha value is -7.25. The summed E-state index contributed by atoms with van der Waals surface area (Å²) < 4.78 is 4.26. The number of benzene rings is 4. The van der Waals surface area contributed by atoms with Crippen LogP contribution in [0.1, 0.15) is 36.1 Å². The fourth-order valence-corrected chi connectivity index (χ4v) is 12.8. The van der Waals surface area contributed by atoms with E-state index in [1.165, 1.54) is 22.5 Å². The maximum atomic E-state index is 15.6. The van der Waals surface area contributed by atoms with E-state index in [-0.39, 0.29) is 12.1 Å². The molecule has 4 aliphatic heterocycles. The molecule has 4 aliphatic rings. The molecule has 17 nitrogen and oxygen atoms in total. The van der Waals surface area contributed by atoms with Crippen LogP contribution in [0.2, 0.25) is 0 Å². The van der Waals surface area contributed by atoms with Crippen LogP contribution in [0.15, 0.2) is 122 Å². The molecule has 8 heterocycles. The number of rotatable bonds is 18. The van der Waals surface area contributed by atoms with Gasteiger partial charge in [-0.25, -0.2) is 9.97 Å². The van der Waals surface area contributed by atoms with E-state index < -0.39 is 0 Å². The highest BCUT2D eigenvalue weighted by Gasteiger charge is 2.37. The first kappa shape index (κ1) is 55.3. The molecule has 428 valence electrons. The van der Waals surface area contributed by atoms with E-state index in [1.807, 2.05) is 12.4 Å². The van der Waals surface area contributed by atoms with Crippen molar-refractivity contribution in [3.8, 4) is 11.4 Å². The van der Waals surface area contributed by atoms with Gasteiger partial charge in [0.1, 0.15) is 11.3 Å². The standard InChI is InChI=1S/C65H82N16O/c1-7-74-29-37-76(38-30-74)57-19-13-53(41-47(57)3)68-64-66-45-51-21-23-80(62(51)70-64)55-15-9-49(10-16-55)43-59(78-33-25-72(5)26-34-78)61(82)60(79-35-27-73(6)28-36-79)44-50-11-17-56(18-12-50)81-24-22-52-46-67-65(71-63(52)81)69-54-14-20-58(48(4)42-54)77-39-31-75(8-2)32-40-77/h9-24,41-42,45-46,59-60H,7-8,25-40,43-44H2,1-6H3,(H,66,68,70)(H,67,69,71). The number of anilines is 6. The smallest absolute Gasteiger partial charge is 0.229 e. The summed E-state index contributed by atoms with van der Waals surface area (Å²) in [7, 11) is 4.37. The van der Waals surface area contributed by atoms with E-state index in [2.05, 4.69) is 210 Å². The van der Waals surface area contributed by atoms with E-state index >= 15 is 4.79 Å². The average Bonchev–Trinajstić information content (AvgIpc) is 4.16. The molecular formula is C65H82N16O. The second kappa shape index (κ2) is 24.7. The Bertz CT molecular complexity index is 3230. The van der Waals surface area contributed by atoms with Gasteiger partial charge in [-0.1, -0.05) is 38.1 Å². The molecule has 4 saturated heterocycles. The molecular weight excluding hydrogens is 1020 g/mol. The molecule has 82 heavy (non-hydrogen) atoms. The lowest BCUT2D eigenvalue weighted by Gasteiger charge is -2.42. The van der Waals surface area contributed by atoms with Crippen molar-refractivity contribution in [2.45, 2.75) is 52.6 Å². The fraction of sp³-hybridized carbons (Fsp3) is 0.431. The highest BCUT2D eigenvalue weighted by atomic mass is 16.1. The Labute approximate surface area is 484 Å². The van der Waals surface area contributed by atoms with E-state index in [0.29, 0.717) is 30.5 Å². The van der Waals surface area contributed by atoms with Crippen molar-refractivity contribution >= 4 is 62.5 Å². The number of nitrogens with zero attached hydrogens (tertiary/aromatic N) is 14. The van der Waals surface area contributed by atoms with E-state index in [4.69, 9.17) is 19.9 Å². The second-order valence-electron chi connectivity index (χ2n) is 23.3. The molecule has 0 bridgehead atoms. The third-order valence-corrected chi connectivity index (χ3v) is 18.0. The van der Waals surface area contributed by atoms with Crippen LogP contribution in [-0.4, -0.2) is 208 Å². The molecule has 2 N–H and O–H groups in total. The number of nitrogens with one attached hydrogen (secondary N) is 2. The lowest BCUT2D eigenvalue weighted by atomic mass is 9.91. The van der Waals surface area contributed by atoms with Crippen LogP contribution in [0.25, 0.3) is 33.4 Å². The zero-order chi connectivity index (χ0) is 56.3. The SMILES string of the molecule is CCN1CCN(c2ccc(Nc3ncc4ccn(-c5ccc(CC(C(=O)C(Cc6ccc(-n7ccc8cnc(Nc9ccc(N%10CCN(CC)CC%10)c(C)c9)nc87)cc6)N6CCN(C)CC6)N6CCN(C)CC6)cc5)c4n3)cc2C)CC1. The van der Waals surface area contributed by atoms with E-state index in [9.17, 15) is 0 Å². The monoisotopic (exact) mass is 1100 g/mol. The number of carbonyl (C=O) groups is 1. The maximum Gasteiger partial charge on any atom is 0.229 e. The normalized spacial score (nSPS) is 18.4. The molecule has 4 fully saturated rings. The summed E-state index contributed by atoms with van der Waals surface area (Å²) in [5.41, 5.74) is 13.0. The molecule has 2 atom stereocenters. The number of hydrogen-bond acceptors (Lipinski definition) is 15. The molecule has 0 spiro atoms. The molecule has 17 heteroatoms. The van der Waals surface area contributed by atoms with Crippen molar-refractivity contribution in [2.75, 3.05) is 152 Å². The minimum absolute atomic E-state index is 0.265. The number of Topliss-reactive ketones (excluding diaryl/α,β-unsaturated/α-hetero) is 1. The number of carbonyl (C=O) groups excluding carboxylic acids is 1. The molecule has 4 aromatic carbocycles. The number of fused-ring (bicyclic) bond motifs is 2. The molecule has 0 amide bonds. The van der Waals surface area contributed by atoms with Gasteiger partial charge in [-0.05, 0) is 149 Å². The van der Waals surface area contributed by atoms with Gasteiger partial charge in [0.25, 0.3) is 0 Å². The van der Waals surface area contributed by atoms with Crippen molar-refractivity contribution in [2.24, 2.45) is 0 Å². The number of aromatic nitrogens is 6. The van der Waals surface area contributed by atoms with E-state index in [1.54, 1.807) is 0 Å². The quantitative estimate of drug-likeness (QED) is 0.0858. The Balaban J connectivity index is 0.747. The number of aryl methyl sites for hydroxylation is 2. The Morgan fingerprint density at radius 2 is 0.878 bits per heavy atom. The topological polar surface area (TPSA) is 128 Å². The molecule has 0 saturated carbocycles. The van der Waals surface area contributed by atoms with Crippen LogP contribution < -0.4 is 20.4 Å². The summed E-state index contributed by atoms with van der Waals surface area (Å²) >= 11 is 0. The lowest BCUT2D eigenvalue weighted by molar-refractivity contribution is -0.131. The summed E-state index contributed by atoms with van der Waals surface area (Å²) in [5.74, 6) is 1.43. The van der Waals surface area contributed by atoms with Gasteiger partial charge < -0.3 is 49.2 Å². The Kier molecular flexibility index (Phi) is 16.6. The maximum absolute atomic E-state index is 15.6. The van der Waals surface area contributed by atoms with Gasteiger partial charge in [0, 0.05) is 174 Å². The minimum atomic E-state index is -0.265. The van der Waals surface area contributed by atoms with E-state index in [0.717, 1.165) is 174 Å². The van der Waals surface area contributed by atoms with Crippen molar-refractivity contribution < 1.29 is 4.79 Å². The highest BCUT2D eigenvalue weighted by molar-refractivity contribution is 5.90. The van der Waals surface area contributed by atoms with Crippen molar-refractivity contribution in [1.29, 1.82) is 0 Å². The average molecular weight is 1100 g/mol. The highest BCUT2D eigenvalue weighted by Crippen LogP contribution is 2.31. The van der Waals surface area contributed by atoms with Gasteiger partial charge in [-0.3, -0.25) is 14.6 Å². The van der Waals surface area contributed by atoms with Gasteiger partial charge in [0.05, 0.1) is 12.1 Å². The second-order valence-corrected chi connectivity index (χ2v) is 23.3. The first-order chi connectivity index (χ1) is 40.0. The van der Waals surface area contributed by atoms with Crippen LogP contribution in [-0.2, 0) is 17.6 Å². The zero-order valence-electron chi connectivity index (χ0n) is 49.0. The van der Waals surface area contributed by atoms with Gasteiger partial charge >= 0.3 is 0 Å². The minimum Gasteiger partial charge on any atom is -0.369 e. The largest absolute Gasteiger partial charge is 0.369 e. The number of hydrogen-bond donors (Lipinski definition) is 2. The van der Waals surface area contributed by atoms with Crippen molar-refractivity contribution in [1.82, 2.24) is 58.5 Å². The van der Waals surface area contributed by atoms with Gasteiger partial charge in [0.2, 0.25) is 11.9 Å². The Morgan fingerprint density at radius 1 is 0.488 bits per heavy atom. The third kappa shape index (κ3) is 12.3. The van der Waals surface area contributed by atoms with Crippen molar-refractivity contribution in [3.05, 3.63) is 144 Å². The molecule has 4 aromatic heterocycles. The first-order valence-electron chi connectivity index (χ1n) is 30.0. The number of ketones is 1. The molecule has 8 aromatic rings. The fourth-order valence-electron chi connectivity index (χ4n) is 12.8. The lowest BCUT2D eigenvalue weighted by Crippen LogP contribution is -2.59. The van der Waals surface area contributed by atoms with Crippen LogP contribution >= 0.6 is 0 Å². The first-order valence-corrected chi connectivity index (χ1v) is 30.0. The van der Waals surface area contributed by atoms with Gasteiger partial charge in [0.15, 0.2) is 5.78 Å². The third-order valence-electron chi connectivity index (χ3n) is 18.0. The summed E-state index contributed by atoms with van der Waals surface area (Å²) in [5, 5.41) is 8.92. The molecule has 12 rings (SSSR count). The van der Waals surface area contributed by atoms with Gasteiger partial charge in [-0.15, -0.1) is 0 Å². The van der Waals surface area contributed by atoms with Crippen molar-refractivity contribution in [3.63, 3.8) is 0 Å². The number of piperazine rings is 4. The predicted molar refractivity (Wildman–Crippen MR) is 333 cm³/mol. The molecule has 2 unspecified atom stereocenters. The van der Waals surface area contributed by atoms with Crippen LogP contribution in [0.4, 0.5) is 34.6 Å². The summed E-state index contributed by atoms with van der Waals surface area (Å²) in [6, 6.07) is 34.2. The van der Waals surface area contributed by atoms with Crippen LogP contribution in [0.3, 0.4) is 0 Å². The summed E-state index contributed by atoms with van der Waals surface area (Å²) in [6.45, 7) is 26.8. The Morgan fingerprint density at radius 3 is 1.24 bits per heavy atom. The number of likely N-dealkylation sites (N-methyl/N-ethyl adjacent to an activating group) is 4. The predicted octanol–water partition coefficient (Wildman–Crippen LogP) is 8.13. The van der Waals surface area contributed by atoms with Crippen LogP contribution in [0.5, 0.6) is 0 Å². The van der Waals surface area contributed by atoms with Gasteiger partial charge in [-0.2, -0.15) is 9.97 Å². The molecule has 0 aliphatic carbocycles. The zero-order valence-corrected chi connectivity index (χ0v) is 49.0.